The van der Waals surface area contributed by atoms with E-state index in [9.17, 15) is 5.11 Å². The molecule has 74 valence electrons. The van der Waals surface area contributed by atoms with Gasteiger partial charge in [0.05, 0.1) is 6.54 Å². The van der Waals surface area contributed by atoms with E-state index in [1.165, 1.54) is 24.1 Å². The van der Waals surface area contributed by atoms with Crippen molar-refractivity contribution in [3.05, 3.63) is 17.0 Å². The molecule has 1 aliphatic carbocycles. The molecule has 3 rings (SSSR count). The molecule has 2 heterocycles. The Balaban J connectivity index is 2.23. The van der Waals surface area contributed by atoms with Crippen molar-refractivity contribution in [1.29, 1.82) is 0 Å². The largest absolute Gasteiger partial charge is 0.505 e. The number of aliphatic imine (C=N–C) groups is 1. The molecule has 2 aliphatic rings. The zero-order valence-corrected chi connectivity index (χ0v) is 8.16. The van der Waals surface area contributed by atoms with Crippen molar-refractivity contribution in [3.8, 4) is 5.75 Å². The molecule has 0 saturated heterocycles. The van der Waals surface area contributed by atoms with Gasteiger partial charge in [-0.25, -0.2) is 0 Å². The van der Waals surface area contributed by atoms with Gasteiger partial charge in [0.15, 0.2) is 0 Å². The maximum atomic E-state index is 10.0. The van der Waals surface area contributed by atoms with Crippen LogP contribution < -0.4 is 0 Å². The molecule has 3 nitrogen and oxygen atoms in total. The van der Waals surface area contributed by atoms with E-state index in [0.29, 0.717) is 5.75 Å². The molecule has 0 atom stereocenters. The lowest BCUT2D eigenvalue weighted by Gasteiger charge is -2.16. The Morgan fingerprint density at radius 2 is 2.14 bits per heavy atom. The van der Waals surface area contributed by atoms with Gasteiger partial charge in [0.25, 0.3) is 0 Å². The van der Waals surface area contributed by atoms with Crippen molar-refractivity contribution in [2.75, 3.05) is 6.54 Å². The van der Waals surface area contributed by atoms with Crippen molar-refractivity contribution >= 4 is 6.21 Å². The molecule has 0 aromatic carbocycles. The Bertz CT molecular complexity index is 404. The zero-order chi connectivity index (χ0) is 9.54. The molecule has 1 aliphatic heterocycles. The lowest BCUT2D eigenvalue weighted by Crippen LogP contribution is -2.14. The van der Waals surface area contributed by atoms with Crippen LogP contribution >= 0.6 is 0 Å². The summed E-state index contributed by atoms with van der Waals surface area (Å²) in [6, 6.07) is 0. The van der Waals surface area contributed by atoms with E-state index >= 15 is 0 Å². The third-order valence-corrected chi connectivity index (χ3v) is 3.25. The monoisotopic (exact) mass is 190 g/mol. The summed E-state index contributed by atoms with van der Waals surface area (Å²) in [6.45, 7) is 1.79. The maximum absolute atomic E-state index is 10.0. The SMILES string of the molecule is Oc1c2c(n3c1C=NCC3)CCCC2. The first-order chi connectivity index (χ1) is 6.88. The van der Waals surface area contributed by atoms with Crippen LogP contribution in [0.25, 0.3) is 0 Å². The summed E-state index contributed by atoms with van der Waals surface area (Å²) in [5.74, 6) is 0.489. The number of hydrogen-bond donors (Lipinski definition) is 1. The number of aromatic hydroxyl groups is 1. The molecule has 3 heteroatoms. The van der Waals surface area contributed by atoms with Crippen LogP contribution in [0, 0.1) is 0 Å². The summed E-state index contributed by atoms with van der Waals surface area (Å²) in [7, 11) is 0. The Hall–Kier alpha value is -1.25. The fourth-order valence-electron chi connectivity index (χ4n) is 2.57. The highest BCUT2D eigenvalue weighted by Crippen LogP contribution is 2.34. The second-order valence-electron chi connectivity index (χ2n) is 4.05. The van der Waals surface area contributed by atoms with Crippen LogP contribution in [0.15, 0.2) is 4.99 Å². The normalized spacial score (nSPS) is 19.1. The minimum absolute atomic E-state index is 0.489. The standard InChI is InChI=1S/C11H14N2O/c14-11-8-3-1-2-4-9(8)13-6-5-12-7-10(11)13/h7,14H,1-6H2. The first-order valence-electron chi connectivity index (χ1n) is 5.31. The fourth-order valence-corrected chi connectivity index (χ4v) is 2.57. The Labute approximate surface area is 83.1 Å². The van der Waals surface area contributed by atoms with Crippen LogP contribution in [-0.2, 0) is 19.4 Å². The predicted molar refractivity (Wildman–Crippen MR) is 55.2 cm³/mol. The number of fused-ring (bicyclic) bond motifs is 3. The summed E-state index contributed by atoms with van der Waals surface area (Å²) < 4.78 is 2.25. The molecule has 1 aromatic heterocycles. The summed E-state index contributed by atoms with van der Waals surface area (Å²) in [4.78, 5) is 4.22. The number of aromatic nitrogens is 1. The molecule has 1 aromatic rings. The Morgan fingerprint density at radius 3 is 3.07 bits per heavy atom. The molecule has 0 amide bonds. The van der Waals surface area contributed by atoms with Crippen LogP contribution in [0.3, 0.4) is 0 Å². The van der Waals surface area contributed by atoms with Crippen molar-refractivity contribution in [2.45, 2.75) is 32.2 Å². The van der Waals surface area contributed by atoms with Crippen molar-refractivity contribution in [1.82, 2.24) is 4.57 Å². The van der Waals surface area contributed by atoms with Gasteiger partial charge < -0.3 is 9.67 Å². The second kappa shape index (κ2) is 2.87. The molecule has 14 heavy (non-hydrogen) atoms. The molecule has 0 fully saturated rings. The van der Waals surface area contributed by atoms with Crippen molar-refractivity contribution in [3.63, 3.8) is 0 Å². The highest BCUT2D eigenvalue weighted by Gasteiger charge is 2.24. The van der Waals surface area contributed by atoms with E-state index in [1.54, 1.807) is 0 Å². The minimum Gasteiger partial charge on any atom is -0.505 e. The van der Waals surface area contributed by atoms with Gasteiger partial charge in [0.2, 0.25) is 0 Å². The van der Waals surface area contributed by atoms with Gasteiger partial charge in [0, 0.05) is 24.0 Å². The highest BCUT2D eigenvalue weighted by molar-refractivity contribution is 5.83. The van der Waals surface area contributed by atoms with Crippen molar-refractivity contribution in [2.24, 2.45) is 4.99 Å². The molecule has 0 bridgehead atoms. The third kappa shape index (κ3) is 0.953. The van der Waals surface area contributed by atoms with E-state index in [4.69, 9.17) is 0 Å². The number of nitrogens with zero attached hydrogens (tertiary/aromatic N) is 2. The smallest absolute Gasteiger partial charge is 0.145 e. The summed E-state index contributed by atoms with van der Waals surface area (Å²) in [5, 5.41) is 10.0. The van der Waals surface area contributed by atoms with Gasteiger partial charge in [-0.1, -0.05) is 0 Å². The third-order valence-electron chi connectivity index (χ3n) is 3.25. The van der Waals surface area contributed by atoms with Gasteiger partial charge >= 0.3 is 0 Å². The topological polar surface area (TPSA) is 37.5 Å². The van der Waals surface area contributed by atoms with E-state index in [2.05, 4.69) is 9.56 Å². The van der Waals surface area contributed by atoms with Crippen LogP contribution in [0.2, 0.25) is 0 Å². The van der Waals surface area contributed by atoms with E-state index < -0.39 is 0 Å². The molecule has 0 saturated carbocycles. The predicted octanol–water partition coefficient (Wildman–Crippen LogP) is 1.50. The quantitative estimate of drug-likeness (QED) is 0.661. The van der Waals surface area contributed by atoms with E-state index in [1.807, 2.05) is 6.21 Å². The molecule has 1 N–H and O–H groups in total. The molecular formula is C11H14N2O. The highest BCUT2D eigenvalue weighted by atomic mass is 16.3. The lowest BCUT2D eigenvalue weighted by molar-refractivity contribution is 0.464. The summed E-state index contributed by atoms with van der Waals surface area (Å²) >= 11 is 0. The first-order valence-corrected chi connectivity index (χ1v) is 5.31. The molecular weight excluding hydrogens is 176 g/mol. The van der Waals surface area contributed by atoms with Gasteiger partial charge in [-0.05, 0) is 25.7 Å². The van der Waals surface area contributed by atoms with Crippen LogP contribution in [0.4, 0.5) is 0 Å². The van der Waals surface area contributed by atoms with Crippen LogP contribution in [-0.4, -0.2) is 22.4 Å². The van der Waals surface area contributed by atoms with Crippen molar-refractivity contribution < 1.29 is 5.11 Å². The van der Waals surface area contributed by atoms with E-state index in [0.717, 1.165) is 31.6 Å². The first kappa shape index (κ1) is 8.09. The van der Waals surface area contributed by atoms with Crippen LogP contribution in [0.5, 0.6) is 5.75 Å². The van der Waals surface area contributed by atoms with Crippen LogP contribution in [0.1, 0.15) is 29.8 Å². The zero-order valence-electron chi connectivity index (χ0n) is 8.16. The van der Waals surface area contributed by atoms with E-state index in [-0.39, 0.29) is 0 Å². The average Bonchev–Trinajstić information content (AvgIpc) is 2.55. The molecule has 0 spiro atoms. The number of rotatable bonds is 0. The minimum atomic E-state index is 0.489. The van der Waals surface area contributed by atoms with Gasteiger partial charge in [-0.3, -0.25) is 4.99 Å². The number of hydrogen-bond acceptors (Lipinski definition) is 2. The molecule has 0 radical (unpaired) electrons. The molecule has 0 unspecified atom stereocenters. The van der Waals surface area contributed by atoms with Gasteiger partial charge in [-0.15, -0.1) is 0 Å². The lowest BCUT2D eigenvalue weighted by atomic mass is 9.97. The summed E-state index contributed by atoms with van der Waals surface area (Å²) in [6.07, 6.45) is 6.44. The second-order valence-corrected chi connectivity index (χ2v) is 4.05. The Morgan fingerprint density at radius 1 is 1.29 bits per heavy atom. The maximum Gasteiger partial charge on any atom is 0.145 e. The summed E-state index contributed by atoms with van der Waals surface area (Å²) in [5.41, 5.74) is 3.47. The Kier molecular flexibility index (Phi) is 1.66. The average molecular weight is 190 g/mol. The van der Waals surface area contributed by atoms with Gasteiger partial charge in [0.1, 0.15) is 11.4 Å². The fraction of sp³-hybridized carbons (Fsp3) is 0.545. The van der Waals surface area contributed by atoms with Gasteiger partial charge in [-0.2, -0.15) is 0 Å².